The van der Waals surface area contributed by atoms with E-state index in [2.05, 4.69) is 16.0 Å². The van der Waals surface area contributed by atoms with Gasteiger partial charge in [0, 0.05) is 26.9 Å². The maximum Gasteiger partial charge on any atom is 0.272 e. The third-order valence-electron chi connectivity index (χ3n) is 6.37. The maximum absolute atomic E-state index is 13.2. The van der Waals surface area contributed by atoms with Crippen molar-refractivity contribution in [2.24, 2.45) is 0 Å². The highest BCUT2D eigenvalue weighted by Gasteiger charge is 2.17. The Morgan fingerprint density at radius 1 is 0.805 bits per heavy atom. The van der Waals surface area contributed by atoms with E-state index in [1.165, 1.54) is 11.8 Å². The molecule has 1 atom stereocenters. The van der Waals surface area contributed by atoms with Crippen LogP contribution >= 0.6 is 23.4 Å². The normalized spacial score (nSPS) is 11.9. The lowest BCUT2D eigenvalue weighted by Crippen LogP contribution is -2.30. The van der Waals surface area contributed by atoms with Crippen LogP contribution in [0.3, 0.4) is 0 Å². The first-order valence-corrected chi connectivity index (χ1v) is 14.2. The number of anilines is 2. The second kappa shape index (κ2) is 13.8. The van der Waals surface area contributed by atoms with Gasteiger partial charge in [-0.3, -0.25) is 14.4 Å². The summed E-state index contributed by atoms with van der Waals surface area (Å²) in [6, 6.07) is 28.6. The number of nitrogens with one attached hydrogen (secondary N) is 3. The lowest BCUT2D eigenvalue weighted by molar-refractivity contribution is -0.115. The lowest BCUT2D eigenvalue weighted by atomic mass is 10.1. The summed E-state index contributed by atoms with van der Waals surface area (Å²) in [5.41, 5.74) is 4.72. The molecule has 41 heavy (non-hydrogen) atoms. The molecule has 0 aromatic heterocycles. The van der Waals surface area contributed by atoms with Crippen molar-refractivity contribution in [2.45, 2.75) is 30.9 Å². The van der Waals surface area contributed by atoms with E-state index in [1.807, 2.05) is 57.2 Å². The van der Waals surface area contributed by atoms with E-state index < -0.39 is 11.8 Å². The van der Waals surface area contributed by atoms with E-state index in [0.717, 1.165) is 21.7 Å². The highest BCUT2D eigenvalue weighted by atomic mass is 35.5. The smallest absolute Gasteiger partial charge is 0.272 e. The SMILES string of the molecule is Cc1cccc(NC(=O)C(C)Sc2ccc(NC(=O)/C(=C/c3ccc(Cl)cc3)NC(=O)c3ccccc3)cc2)c1C. The zero-order chi connectivity index (χ0) is 29.4. The standard InChI is InChI=1S/C33H30ClN3O3S/c1-21-8-7-11-29(22(21)2)36-31(38)23(3)41-28-18-16-27(17-19-28)35-33(40)30(20-24-12-14-26(34)15-13-24)37-32(39)25-9-5-4-6-10-25/h4-20,23H,1-3H3,(H,35,40)(H,36,38)(H,37,39)/b30-20-. The minimum atomic E-state index is -0.481. The first-order valence-electron chi connectivity index (χ1n) is 13.0. The summed E-state index contributed by atoms with van der Waals surface area (Å²) < 4.78 is 0. The number of carbonyl (C=O) groups is 3. The van der Waals surface area contributed by atoms with Gasteiger partial charge in [0.25, 0.3) is 11.8 Å². The summed E-state index contributed by atoms with van der Waals surface area (Å²) in [4.78, 5) is 39.7. The zero-order valence-electron chi connectivity index (χ0n) is 22.9. The number of benzene rings is 4. The number of aryl methyl sites for hydroxylation is 1. The molecular weight excluding hydrogens is 554 g/mol. The molecule has 0 fully saturated rings. The Balaban J connectivity index is 1.43. The molecule has 0 aliphatic heterocycles. The highest BCUT2D eigenvalue weighted by molar-refractivity contribution is 8.00. The Morgan fingerprint density at radius 2 is 1.49 bits per heavy atom. The average molecular weight is 584 g/mol. The molecule has 4 aromatic carbocycles. The molecule has 6 nitrogen and oxygen atoms in total. The summed E-state index contributed by atoms with van der Waals surface area (Å²) in [6.07, 6.45) is 1.59. The largest absolute Gasteiger partial charge is 0.325 e. The minimum absolute atomic E-state index is 0.0800. The lowest BCUT2D eigenvalue weighted by Gasteiger charge is -2.15. The molecule has 4 aromatic rings. The van der Waals surface area contributed by atoms with E-state index in [1.54, 1.807) is 66.7 Å². The fourth-order valence-electron chi connectivity index (χ4n) is 3.86. The van der Waals surface area contributed by atoms with Crippen molar-refractivity contribution >= 4 is 58.5 Å². The van der Waals surface area contributed by atoms with E-state index in [4.69, 9.17) is 11.6 Å². The van der Waals surface area contributed by atoms with Crippen molar-refractivity contribution in [1.29, 1.82) is 0 Å². The summed E-state index contributed by atoms with van der Waals surface area (Å²) in [5, 5.41) is 8.80. The van der Waals surface area contributed by atoms with Crippen LogP contribution < -0.4 is 16.0 Å². The van der Waals surface area contributed by atoms with Gasteiger partial charge in [-0.2, -0.15) is 0 Å². The Labute approximate surface area is 249 Å². The minimum Gasteiger partial charge on any atom is -0.325 e. The first-order chi connectivity index (χ1) is 19.7. The predicted molar refractivity (Wildman–Crippen MR) is 168 cm³/mol. The number of carbonyl (C=O) groups excluding carboxylic acids is 3. The number of thioether (sulfide) groups is 1. The number of hydrogen-bond donors (Lipinski definition) is 3. The van der Waals surface area contributed by atoms with Gasteiger partial charge in [-0.05, 0) is 98.1 Å². The fraction of sp³-hybridized carbons (Fsp3) is 0.121. The van der Waals surface area contributed by atoms with Gasteiger partial charge < -0.3 is 16.0 Å². The average Bonchev–Trinajstić information content (AvgIpc) is 2.97. The van der Waals surface area contributed by atoms with Gasteiger partial charge in [-0.25, -0.2) is 0 Å². The fourth-order valence-corrected chi connectivity index (χ4v) is 4.86. The van der Waals surface area contributed by atoms with Gasteiger partial charge in [0.1, 0.15) is 5.70 Å². The van der Waals surface area contributed by atoms with Crippen LogP contribution in [-0.2, 0) is 9.59 Å². The van der Waals surface area contributed by atoms with Crippen LogP contribution in [0.5, 0.6) is 0 Å². The van der Waals surface area contributed by atoms with Crippen molar-refractivity contribution in [3.05, 3.63) is 130 Å². The van der Waals surface area contributed by atoms with Crippen molar-refractivity contribution in [3.63, 3.8) is 0 Å². The van der Waals surface area contributed by atoms with Crippen LogP contribution in [0.15, 0.2) is 108 Å². The van der Waals surface area contributed by atoms with Gasteiger partial charge in [0.2, 0.25) is 5.91 Å². The third kappa shape index (κ3) is 8.33. The maximum atomic E-state index is 13.2. The molecule has 0 saturated heterocycles. The first kappa shape index (κ1) is 29.6. The molecule has 0 spiro atoms. The van der Waals surface area contributed by atoms with Crippen LogP contribution in [0.1, 0.15) is 34.0 Å². The molecule has 0 bridgehead atoms. The van der Waals surface area contributed by atoms with Gasteiger partial charge in [0.15, 0.2) is 0 Å². The van der Waals surface area contributed by atoms with E-state index in [-0.39, 0.29) is 16.9 Å². The summed E-state index contributed by atoms with van der Waals surface area (Å²) >= 11 is 7.42. The number of halogens is 1. The predicted octanol–water partition coefficient (Wildman–Crippen LogP) is 7.49. The Kier molecular flexibility index (Phi) is 10.0. The molecule has 0 heterocycles. The van der Waals surface area contributed by atoms with E-state index in [9.17, 15) is 14.4 Å². The topological polar surface area (TPSA) is 87.3 Å². The van der Waals surface area contributed by atoms with Crippen LogP contribution in [-0.4, -0.2) is 23.0 Å². The monoisotopic (exact) mass is 583 g/mol. The zero-order valence-corrected chi connectivity index (χ0v) is 24.5. The van der Waals surface area contributed by atoms with E-state index in [0.29, 0.717) is 21.8 Å². The Bertz CT molecular complexity index is 1570. The molecule has 1 unspecified atom stereocenters. The van der Waals surface area contributed by atoms with Gasteiger partial charge in [-0.1, -0.05) is 54.1 Å². The van der Waals surface area contributed by atoms with Crippen LogP contribution in [0, 0.1) is 13.8 Å². The summed E-state index contributed by atoms with van der Waals surface area (Å²) in [6.45, 7) is 5.85. The molecule has 8 heteroatoms. The Hall–Kier alpha value is -4.33. The van der Waals surface area contributed by atoms with Gasteiger partial charge in [0.05, 0.1) is 5.25 Å². The number of amides is 3. The number of rotatable bonds is 9. The molecular formula is C33H30ClN3O3S. The molecule has 0 saturated carbocycles. The highest BCUT2D eigenvalue weighted by Crippen LogP contribution is 2.27. The molecule has 3 amide bonds. The third-order valence-corrected chi connectivity index (χ3v) is 7.73. The molecule has 3 N–H and O–H groups in total. The van der Waals surface area contributed by atoms with Crippen molar-refractivity contribution in [3.8, 4) is 0 Å². The van der Waals surface area contributed by atoms with E-state index >= 15 is 0 Å². The Morgan fingerprint density at radius 3 is 2.17 bits per heavy atom. The summed E-state index contributed by atoms with van der Waals surface area (Å²) in [7, 11) is 0. The second-order valence-electron chi connectivity index (χ2n) is 9.41. The van der Waals surface area contributed by atoms with Crippen molar-refractivity contribution in [2.75, 3.05) is 10.6 Å². The molecule has 0 radical (unpaired) electrons. The van der Waals surface area contributed by atoms with Crippen LogP contribution in [0.2, 0.25) is 5.02 Å². The van der Waals surface area contributed by atoms with Gasteiger partial charge >= 0.3 is 0 Å². The molecule has 208 valence electrons. The van der Waals surface area contributed by atoms with Crippen LogP contribution in [0.4, 0.5) is 11.4 Å². The van der Waals surface area contributed by atoms with Crippen molar-refractivity contribution < 1.29 is 14.4 Å². The van der Waals surface area contributed by atoms with Crippen LogP contribution in [0.25, 0.3) is 6.08 Å². The quantitative estimate of drug-likeness (QED) is 0.141. The van der Waals surface area contributed by atoms with Crippen molar-refractivity contribution in [1.82, 2.24) is 5.32 Å². The number of hydrogen-bond acceptors (Lipinski definition) is 4. The summed E-state index contributed by atoms with van der Waals surface area (Å²) in [5.74, 6) is -0.973. The second-order valence-corrected chi connectivity index (χ2v) is 11.3. The van der Waals surface area contributed by atoms with Gasteiger partial charge in [-0.15, -0.1) is 11.8 Å². The molecule has 0 aliphatic rings. The molecule has 0 aliphatic carbocycles. The molecule has 4 rings (SSSR count).